The number of aliphatic carboxylic acids is 1. The molecule has 0 unspecified atom stereocenters. The normalized spacial score (nSPS) is 17.6. The van der Waals surface area contributed by atoms with Crippen LogP contribution >= 0.6 is 0 Å². The summed E-state index contributed by atoms with van der Waals surface area (Å²) >= 11 is 0. The smallest absolute Gasteiger partial charge is 0.303 e. The van der Waals surface area contributed by atoms with Crippen LogP contribution in [0.2, 0.25) is 0 Å². The Labute approximate surface area is 219 Å². The monoisotopic (exact) mass is 503 g/mol. The van der Waals surface area contributed by atoms with Crippen LogP contribution in [0.1, 0.15) is 30.4 Å². The van der Waals surface area contributed by atoms with Gasteiger partial charge in [0.05, 0.1) is 12.0 Å². The van der Waals surface area contributed by atoms with Crippen LogP contribution in [0.25, 0.3) is 11.3 Å². The summed E-state index contributed by atoms with van der Waals surface area (Å²) in [5.74, 6) is 0.647. The second kappa shape index (κ2) is 12.7. The first-order chi connectivity index (χ1) is 17.9. The lowest BCUT2D eigenvalue weighted by Gasteiger charge is -2.32. The van der Waals surface area contributed by atoms with Gasteiger partial charge >= 0.3 is 5.97 Å². The van der Waals surface area contributed by atoms with Crippen molar-refractivity contribution in [3.8, 4) is 22.9 Å². The first-order valence-corrected chi connectivity index (χ1v) is 12.9. The number of likely N-dealkylation sites (N-methyl/N-ethyl adjacent to an activating group) is 1. The number of carboxylic acid groups (broad SMARTS) is 1. The minimum atomic E-state index is -0.779. The van der Waals surface area contributed by atoms with Crippen LogP contribution in [0.3, 0.4) is 0 Å². The topological polar surface area (TPSA) is 75.1 Å². The maximum Gasteiger partial charge on any atom is 0.303 e. The molecule has 37 heavy (non-hydrogen) atoms. The Kier molecular flexibility index (Phi) is 9.14. The van der Waals surface area contributed by atoms with E-state index < -0.39 is 5.97 Å². The lowest BCUT2D eigenvalue weighted by Crippen LogP contribution is -2.45. The van der Waals surface area contributed by atoms with Gasteiger partial charge in [-0.1, -0.05) is 29.9 Å². The van der Waals surface area contributed by atoms with Gasteiger partial charge in [0.1, 0.15) is 12.4 Å². The molecule has 0 saturated carbocycles. The number of benzene rings is 1. The average molecular weight is 504 g/mol. The zero-order valence-electron chi connectivity index (χ0n) is 22.1. The Hall–Kier alpha value is -3.42. The van der Waals surface area contributed by atoms with E-state index in [0.717, 1.165) is 72.0 Å². The second-order valence-electron chi connectivity index (χ2n) is 9.81. The molecular weight excluding hydrogens is 466 g/mol. The molecule has 0 bridgehead atoms. The van der Waals surface area contributed by atoms with Crippen molar-refractivity contribution < 1.29 is 19.4 Å². The fourth-order valence-electron chi connectivity index (χ4n) is 4.65. The Balaban J connectivity index is 1.35. The number of rotatable bonds is 10. The van der Waals surface area contributed by atoms with Crippen molar-refractivity contribution in [1.29, 1.82) is 0 Å². The molecule has 2 aromatic rings. The fraction of sp³-hybridized carbons (Fsp3) is 0.400. The highest BCUT2D eigenvalue weighted by molar-refractivity contribution is 5.69. The predicted molar refractivity (Wildman–Crippen MR) is 146 cm³/mol. The number of piperazine rings is 1. The third-order valence-corrected chi connectivity index (χ3v) is 6.83. The first-order valence-electron chi connectivity index (χ1n) is 12.9. The third kappa shape index (κ3) is 7.78. The highest BCUT2D eigenvalue weighted by atomic mass is 16.5. The molecule has 0 amide bonds. The first kappa shape index (κ1) is 26.6. The van der Waals surface area contributed by atoms with Crippen molar-refractivity contribution in [3.63, 3.8) is 0 Å². The molecule has 2 heterocycles. The average Bonchev–Trinajstić information content (AvgIpc) is 2.88. The van der Waals surface area contributed by atoms with E-state index in [1.807, 2.05) is 36.4 Å². The summed E-state index contributed by atoms with van der Waals surface area (Å²) in [6.45, 7) is 10.2. The molecule has 2 aliphatic rings. The van der Waals surface area contributed by atoms with Crippen molar-refractivity contribution in [2.24, 2.45) is 0 Å². The Morgan fingerprint density at radius 2 is 1.86 bits per heavy atom. The molecule has 1 aliphatic carbocycles. The van der Waals surface area contributed by atoms with Crippen molar-refractivity contribution in [2.45, 2.75) is 33.1 Å². The van der Waals surface area contributed by atoms with Gasteiger partial charge in [0, 0.05) is 50.8 Å². The van der Waals surface area contributed by atoms with E-state index in [4.69, 9.17) is 19.6 Å². The van der Waals surface area contributed by atoms with Gasteiger partial charge in [-0.25, -0.2) is 4.98 Å². The molecule has 4 rings (SSSR count). The van der Waals surface area contributed by atoms with Gasteiger partial charge in [0.15, 0.2) is 0 Å². The van der Waals surface area contributed by atoms with Crippen LogP contribution < -0.4 is 9.47 Å². The van der Waals surface area contributed by atoms with Gasteiger partial charge in [0.25, 0.3) is 0 Å². The maximum atomic E-state index is 10.8. The largest absolute Gasteiger partial charge is 0.492 e. The number of ether oxygens (including phenoxy) is 2. The lowest BCUT2D eigenvalue weighted by atomic mass is 9.99. The maximum absolute atomic E-state index is 10.8. The number of carboxylic acids is 1. The standard InChI is InChI=1S/C30H37N3O4/c1-22-19-26(36-18-17-33-15-13-32(3)14-16-33)20-23(2)30(22)27-5-4-6-28(31-27)37-21-25-9-7-24(8-10-25)11-12-29(34)35/h4-9,19-21H,10-18H2,1-3H3,(H,34,35). The van der Waals surface area contributed by atoms with E-state index in [0.29, 0.717) is 25.3 Å². The molecule has 1 aromatic heterocycles. The highest BCUT2D eigenvalue weighted by Gasteiger charge is 2.14. The van der Waals surface area contributed by atoms with E-state index >= 15 is 0 Å². The minimum Gasteiger partial charge on any atom is -0.492 e. The Morgan fingerprint density at radius 3 is 2.54 bits per heavy atom. The van der Waals surface area contributed by atoms with E-state index in [2.05, 4.69) is 42.8 Å². The summed E-state index contributed by atoms with van der Waals surface area (Å²) in [5, 5.41) is 8.85. The van der Waals surface area contributed by atoms with Crippen molar-refractivity contribution >= 4 is 5.97 Å². The van der Waals surface area contributed by atoms with Gasteiger partial charge in [-0.2, -0.15) is 0 Å². The number of aromatic nitrogens is 1. The number of pyridine rings is 1. The highest BCUT2D eigenvalue weighted by Crippen LogP contribution is 2.31. The zero-order chi connectivity index (χ0) is 26.2. The predicted octanol–water partition coefficient (Wildman–Crippen LogP) is 5.01. The van der Waals surface area contributed by atoms with Crippen LogP contribution in [0.5, 0.6) is 11.6 Å². The number of carbonyl (C=O) groups is 1. The van der Waals surface area contributed by atoms with Gasteiger partial charge in [-0.3, -0.25) is 9.69 Å². The number of aryl methyl sites for hydroxylation is 2. The summed E-state index contributed by atoms with van der Waals surface area (Å²) < 4.78 is 12.0. The SMILES string of the molecule is Cc1cc(OCCN2CCN(C)CC2)cc(C)c1-c1cccc(OC=C2C=CC(CCC(=O)O)=CC2)n1. The van der Waals surface area contributed by atoms with Crippen molar-refractivity contribution in [2.75, 3.05) is 46.4 Å². The second-order valence-corrected chi connectivity index (χ2v) is 9.81. The van der Waals surface area contributed by atoms with Crippen LogP contribution in [0.4, 0.5) is 0 Å². The van der Waals surface area contributed by atoms with Crippen LogP contribution in [0.15, 0.2) is 66.0 Å². The van der Waals surface area contributed by atoms with E-state index in [1.54, 1.807) is 6.26 Å². The molecule has 0 spiro atoms. The zero-order valence-corrected chi connectivity index (χ0v) is 22.1. The van der Waals surface area contributed by atoms with E-state index in [9.17, 15) is 4.79 Å². The van der Waals surface area contributed by atoms with Gasteiger partial charge in [-0.05, 0) is 68.6 Å². The van der Waals surface area contributed by atoms with Crippen LogP contribution in [-0.2, 0) is 4.79 Å². The molecule has 7 nitrogen and oxygen atoms in total. The minimum absolute atomic E-state index is 0.144. The molecule has 1 aliphatic heterocycles. The number of nitrogens with zero attached hydrogens (tertiary/aromatic N) is 3. The van der Waals surface area contributed by atoms with Gasteiger partial charge < -0.3 is 19.5 Å². The molecule has 0 atom stereocenters. The van der Waals surface area contributed by atoms with Crippen LogP contribution in [-0.4, -0.2) is 72.2 Å². The molecule has 1 N–H and O–H groups in total. The van der Waals surface area contributed by atoms with E-state index in [1.165, 1.54) is 0 Å². The number of allylic oxidation sites excluding steroid dienone is 5. The Bertz CT molecular complexity index is 1170. The summed E-state index contributed by atoms with van der Waals surface area (Å²) in [4.78, 5) is 20.3. The summed E-state index contributed by atoms with van der Waals surface area (Å²) in [6, 6.07) is 9.98. The molecule has 0 radical (unpaired) electrons. The van der Waals surface area contributed by atoms with E-state index in [-0.39, 0.29) is 6.42 Å². The fourth-order valence-corrected chi connectivity index (χ4v) is 4.65. The number of hydrogen-bond donors (Lipinski definition) is 1. The molecule has 1 fully saturated rings. The molecular formula is C30H37N3O4. The van der Waals surface area contributed by atoms with Crippen LogP contribution in [0, 0.1) is 13.8 Å². The third-order valence-electron chi connectivity index (χ3n) is 6.83. The van der Waals surface area contributed by atoms with Gasteiger partial charge in [-0.15, -0.1) is 0 Å². The summed E-state index contributed by atoms with van der Waals surface area (Å²) in [6.07, 6.45) is 9.07. The van der Waals surface area contributed by atoms with Crippen molar-refractivity contribution in [3.05, 3.63) is 77.1 Å². The lowest BCUT2D eigenvalue weighted by molar-refractivity contribution is -0.136. The molecule has 1 aromatic carbocycles. The van der Waals surface area contributed by atoms with Gasteiger partial charge in [0.2, 0.25) is 5.88 Å². The summed E-state index contributed by atoms with van der Waals surface area (Å²) in [5.41, 5.74) is 6.24. The molecule has 1 saturated heterocycles. The summed E-state index contributed by atoms with van der Waals surface area (Å²) in [7, 11) is 2.17. The molecule has 196 valence electrons. The molecule has 7 heteroatoms. The Morgan fingerprint density at radius 1 is 1.11 bits per heavy atom. The number of hydrogen-bond acceptors (Lipinski definition) is 6. The van der Waals surface area contributed by atoms with Crippen molar-refractivity contribution in [1.82, 2.24) is 14.8 Å². The quantitative estimate of drug-likeness (QED) is 0.457.